The van der Waals surface area contributed by atoms with Crippen LogP contribution >= 0.6 is 12.2 Å². The fourth-order valence-electron chi connectivity index (χ4n) is 5.49. The van der Waals surface area contributed by atoms with E-state index in [1.807, 2.05) is 30.3 Å². The monoisotopic (exact) mass is 327 g/mol. The first-order chi connectivity index (χ1) is 11.1. The number of nitrogens with one attached hydrogen (secondary N) is 2. The number of hydrogen-bond acceptors (Lipinski definition) is 2. The van der Waals surface area contributed by atoms with E-state index < -0.39 is 0 Å². The molecular formula is C19H25N3S. The van der Waals surface area contributed by atoms with Crippen molar-refractivity contribution in [1.29, 1.82) is 0 Å². The lowest BCUT2D eigenvalue weighted by molar-refractivity contribution is -0.0128. The van der Waals surface area contributed by atoms with Gasteiger partial charge in [-0.2, -0.15) is 5.10 Å². The maximum atomic E-state index is 5.37. The van der Waals surface area contributed by atoms with Gasteiger partial charge in [-0.3, -0.25) is 5.43 Å². The maximum absolute atomic E-state index is 5.37. The van der Waals surface area contributed by atoms with E-state index in [1.165, 1.54) is 44.2 Å². The minimum absolute atomic E-state index is 0.351. The van der Waals surface area contributed by atoms with Crippen molar-refractivity contribution in [2.45, 2.75) is 45.4 Å². The van der Waals surface area contributed by atoms with Gasteiger partial charge in [0.25, 0.3) is 0 Å². The lowest BCUT2D eigenvalue weighted by Gasteiger charge is -2.56. The third kappa shape index (κ3) is 3.01. The summed E-state index contributed by atoms with van der Waals surface area (Å²) in [4.78, 5) is 0. The number of thiocarbonyl (C=S) groups is 1. The van der Waals surface area contributed by atoms with Gasteiger partial charge in [-0.1, -0.05) is 18.2 Å². The standard InChI is InChI=1S/C19H25N3S/c1-13(21-22-18(23)20-17-5-3-2-4-6-17)19-10-14-7-15(11-19)9-16(8-14)12-19/h2-6,14-16H,7-12H2,1H3,(H2,20,22,23)/b21-13-. The second-order valence-electron chi connectivity index (χ2n) is 7.83. The first-order valence-electron chi connectivity index (χ1n) is 8.80. The number of hydrazone groups is 1. The van der Waals surface area contributed by atoms with Crippen LogP contribution in [-0.2, 0) is 0 Å². The second kappa shape index (κ2) is 5.90. The molecule has 2 N–H and O–H groups in total. The van der Waals surface area contributed by atoms with Crippen LogP contribution in [0.15, 0.2) is 35.4 Å². The number of benzene rings is 1. The van der Waals surface area contributed by atoms with Crippen molar-refractivity contribution in [2.24, 2.45) is 28.3 Å². The lowest BCUT2D eigenvalue weighted by atomic mass is 9.48. The molecule has 4 aliphatic carbocycles. The van der Waals surface area contributed by atoms with E-state index in [9.17, 15) is 0 Å². The smallest absolute Gasteiger partial charge is 0.191 e. The molecule has 3 nitrogen and oxygen atoms in total. The van der Waals surface area contributed by atoms with Crippen LogP contribution < -0.4 is 10.7 Å². The van der Waals surface area contributed by atoms with Crippen molar-refractivity contribution in [3.63, 3.8) is 0 Å². The molecule has 5 rings (SSSR count). The highest BCUT2D eigenvalue weighted by atomic mass is 32.1. The van der Waals surface area contributed by atoms with Crippen molar-refractivity contribution in [3.05, 3.63) is 30.3 Å². The SMILES string of the molecule is C/C(=N/NC(=S)Nc1ccccc1)C12CC3CC(CC(C3)C1)C2. The summed E-state index contributed by atoms with van der Waals surface area (Å²) < 4.78 is 0. The molecule has 0 saturated heterocycles. The number of anilines is 1. The number of hydrogen-bond donors (Lipinski definition) is 2. The molecule has 1 aromatic carbocycles. The van der Waals surface area contributed by atoms with Crippen LogP contribution in [0.25, 0.3) is 0 Å². The highest BCUT2D eigenvalue weighted by Crippen LogP contribution is 2.60. The maximum Gasteiger partial charge on any atom is 0.191 e. The average Bonchev–Trinajstić information content (AvgIpc) is 2.52. The number of rotatable bonds is 3. The van der Waals surface area contributed by atoms with Crippen LogP contribution in [0.2, 0.25) is 0 Å². The molecule has 0 aromatic heterocycles. The van der Waals surface area contributed by atoms with E-state index in [1.54, 1.807) is 0 Å². The molecule has 0 unspecified atom stereocenters. The van der Waals surface area contributed by atoms with Gasteiger partial charge in [-0.15, -0.1) is 0 Å². The normalized spacial score (nSPS) is 35.2. The van der Waals surface area contributed by atoms with Crippen LogP contribution in [0.4, 0.5) is 5.69 Å². The van der Waals surface area contributed by atoms with Crippen LogP contribution in [0.5, 0.6) is 0 Å². The second-order valence-corrected chi connectivity index (χ2v) is 8.24. The zero-order valence-electron chi connectivity index (χ0n) is 13.7. The van der Waals surface area contributed by atoms with Crippen LogP contribution in [0.1, 0.15) is 45.4 Å². The Morgan fingerprint density at radius 1 is 1.04 bits per heavy atom. The zero-order valence-corrected chi connectivity index (χ0v) is 14.5. The van der Waals surface area contributed by atoms with E-state index >= 15 is 0 Å². The summed E-state index contributed by atoms with van der Waals surface area (Å²) in [5.74, 6) is 2.84. The molecule has 4 fully saturated rings. The molecule has 4 saturated carbocycles. The molecule has 4 bridgehead atoms. The van der Waals surface area contributed by atoms with Crippen molar-refractivity contribution < 1.29 is 0 Å². The fourth-order valence-corrected chi connectivity index (χ4v) is 5.65. The summed E-state index contributed by atoms with van der Waals surface area (Å²) in [7, 11) is 0. The third-order valence-corrected chi connectivity index (χ3v) is 6.36. The van der Waals surface area contributed by atoms with E-state index in [2.05, 4.69) is 22.8 Å². The number of nitrogens with zero attached hydrogens (tertiary/aromatic N) is 1. The van der Waals surface area contributed by atoms with Crippen molar-refractivity contribution in [2.75, 3.05) is 5.32 Å². The van der Waals surface area contributed by atoms with Gasteiger partial charge >= 0.3 is 0 Å². The molecule has 0 radical (unpaired) electrons. The predicted octanol–water partition coefficient (Wildman–Crippen LogP) is 4.57. The Morgan fingerprint density at radius 2 is 1.61 bits per heavy atom. The molecule has 122 valence electrons. The molecule has 0 aliphatic heterocycles. The summed E-state index contributed by atoms with van der Waals surface area (Å²) in [6.07, 6.45) is 8.43. The molecule has 0 heterocycles. The lowest BCUT2D eigenvalue weighted by Crippen LogP contribution is -2.49. The summed E-state index contributed by atoms with van der Waals surface area (Å²) in [5.41, 5.74) is 5.67. The molecular weight excluding hydrogens is 302 g/mol. The topological polar surface area (TPSA) is 36.4 Å². The average molecular weight is 327 g/mol. The van der Waals surface area contributed by atoms with Gasteiger partial charge in [0.1, 0.15) is 0 Å². The zero-order chi connectivity index (χ0) is 15.9. The van der Waals surface area contributed by atoms with Gasteiger partial charge in [0.15, 0.2) is 5.11 Å². The minimum atomic E-state index is 0.351. The van der Waals surface area contributed by atoms with Crippen molar-refractivity contribution in [3.8, 4) is 0 Å². The van der Waals surface area contributed by atoms with Gasteiger partial charge in [0.2, 0.25) is 0 Å². The first-order valence-corrected chi connectivity index (χ1v) is 9.21. The Kier molecular flexibility index (Phi) is 3.88. The Bertz CT molecular complexity index is 587. The quantitative estimate of drug-likeness (QED) is 0.485. The Hall–Kier alpha value is -1.42. The van der Waals surface area contributed by atoms with Crippen molar-refractivity contribution in [1.82, 2.24) is 5.43 Å². The minimum Gasteiger partial charge on any atom is -0.331 e. The summed E-state index contributed by atoms with van der Waals surface area (Å²) in [5, 5.41) is 8.43. The van der Waals surface area contributed by atoms with Crippen molar-refractivity contribution >= 4 is 28.7 Å². The predicted molar refractivity (Wildman–Crippen MR) is 99.5 cm³/mol. The van der Waals surface area contributed by atoms with Gasteiger partial charge in [-0.05, 0) is 87.6 Å². The summed E-state index contributed by atoms with van der Waals surface area (Å²) >= 11 is 5.37. The largest absolute Gasteiger partial charge is 0.331 e. The summed E-state index contributed by atoms with van der Waals surface area (Å²) in [6.45, 7) is 2.20. The molecule has 0 atom stereocenters. The Labute approximate surface area is 143 Å². The van der Waals surface area contributed by atoms with Crippen LogP contribution in [0.3, 0.4) is 0 Å². The van der Waals surface area contributed by atoms with Gasteiger partial charge in [0.05, 0.1) is 0 Å². The van der Waals surface area contributed by atoms with Gasteiger partial charge < -0.3 is 5.32 Å². The van der Waals surface area contributed by atoms with E-state index in [0.29, 0.717) is 10.5 Å². The third-order valence-electron chi connectivity index (χ3n) is 6.16. The Morgan fingerprint density at radius 3 is 2.17 bits per heavy atom. The molecule has 23 heavy (non-hydrogen) atoms. The van der Waals surface area contributed by atoms with E-state index in [4.69, 9.17) is 12.2 Å². The highest BCUT2D eigenvalue weighted by molar-refractivity contribution is 7.80. The van der Waals surface area contributed by atoms with Gasteiger partial charge in [-0.25, -0.2) is 0 Å². The van der Waals surface area contributed by atoms with Crippen LogP contribution in [0, 0.1) is 23.2 Å². The van der Waals surface area contributed by atoms with Crippen LogP contribution in [-0.4, -0.2) is 10.8 Å². The molecule has 0 spiro atoms. The summed E-state index contributed by atoms with van der Waals surface area (Å²) in [6, 6.07) is 9.99. The number of para-hydroxylation sites is 1. The van der Waals surface area contributed by atoms with E-state index in [-0.39, 0.29) is 0 Å². The molecule has 4 heteroatoms. The van der Waals surface area contributed by atoms with Gasteiger partial charge in [0, 0.05) is 16.8 Å². The molecule has 1 aromatic rings. The molecule has 4 aliphatic rings. The first kappa shape index (κ1) is 15.1. The fraction of sp³-hybridized carbons (Fsp3) is 0.579. The van der Waals surface area contributed by atoms with E-state index in [0.717, 1.165) is 23.4 Å². The highest BCUT2D eigenvalue weighted by Gasteiger charge is 2.52. The molecule has 0 amide bonds. The Balaban J connectivity index is 1.41.